The molecule has 0 fully saturated rings. The molecule has 4 heteroatoms. The second-order valence-electron chi connectivity index (χ2n) is 3.08. The van der Waals surface area contributed by atoms with Gasteiger partial charge in [0, 0.05) is 17.8 Å². The Bertz CT molecular complexity index is 497. The third kappa shape index (κ3) is 2.46. The third-order valence-corrected chi connectivity index (χ3v) is 2.60. The molecule has 0 unspecified atom stereocenters. The lowest BCUT2D eigenvalue weighted by Crippen LogP contribution is -1.89. The van der Waals surface area contributed by atoms with Crippen molar-refractivity contribution >= 4 is 22.2 Å². The molecule has 0 amide bonds. The number of hydrogen-bond acceptors (Lipinski definition) is 3. The Morgan fingerprint density at radius 3 is 2.62 bits per heavy atom. The lowest BCUT2D eigenvalue weighted by molar-refractivity contribution is 0.112. The molecule has 0 aliphatic rings. The molecule has 0 radical (unpaired) electrons. The fourth-order valence-corrected chi connectivity index (χ4v) is 1.53. The van der Waals surface area contributed by atoms with E-state index >= 15 is 0 Å². The van der Waals surface area contributed by atoms with Crippen LogP contribution in [0.2, 0.25) is 0 Å². The molecule has 0 spiro atoms. The highest BCUT2D eigenvalue weighted by Crippen LogP contribution is 2.27. The zero-order chi connectivity index (χ0) is 11.4. The first-order chi connectivity index (χ1) is 7.79. The van der Waals surface area contributed by atoms with Crippen LogP contribution >= 0.6 is 15.9 Å². The molecule has 0 saturated carbocycles. The van der Waals surface area contributed by atoms with Crippen LogP contribution in [0.5, 0.6) is 11.6 Å². The zero-order valence-electron chi connectivity index (χ0n) is 8.26. The van der Waals surface area contributed by atoms with Crippen molar-refractivity contribution in [2.45, 2.75) is 0 Å². The van der Waals surface area contributed by atoms with Crippen LogP contribution in [-0.4, -0.2) is 11.3 Å². The topological polar surface area (TPSA) is 39.2 Å². The summed E-state index contributed by atoms with van der Waals surface area (Å²) in [4.78, 5) is 14.5. The largest absolute Gasteiger partial charge is 0.438 e. The van der Waals surface area contributed by atoms with Crippen molar-refractivity contribution in [1.82, 2.24) is 4.98 Å². The van der Waals surface area contributed by atoms with Crippen LogP contribution < -0.4 is 4.74 Å². The molecule has 16 heavy (non-hydrogen) atoms. The first kappa shape index (κ1) is 10.8. The molecule has 0 N–H and O–H groups in total. The standard InChI is InChI=1S/C12H8BrNO2/c13-10-3-1-2-4-11(10)16-12-6-5-9(8-15)7-14-12/h1-8H. The van der Waals surface area contributed by atoms with Crippen LogP contribution in [0.3, 0.4) is 0 Å². The number of hydrogen-bond donors (Lipinski definition) is 0. The van der Waals surface area contributed by atoms with Crippen molar-refractivity contribution in [1.29, 1.82) is 0 Å². The van der Waals surface area contributed by atoms with Gasteiger partial charge in [-0.25, -0.2) is 4.98 Å². The van der Waals surface area contributed by atoms with Crippen LogP contribution in [0.1, 0.15) is 10.4 Å². The Balaban J connectivity index is 2.21. The number of para-hydroxylation sites is 1. The van der Waals surface area contributed by atoms with Crippen LogP contribution in [0, 0.1) is 0 Å². The monoisotopic (exact) mass is 277 g/mol. The number of nitrogens with zero attached hydrogens (tertiary/aromatic N) is 1. The average molecular weight is 278 g/mol. The molecule has 0 saturated heterocycles. The molecule has 1 aromatic carbocycles. The number of ether oxygens (including phenoxy) is 1. The smallest absolute Gasteiger partial charge is 0.219 e. The van der Waals surface area contributed by atoms with E-state index in [0.29, 0.717) is 17.2 Å². The lowest BCUT2D eigenvalue weighted by Gasteiger charge is -2.05. The van der Waals surface area contributed by atoms with E-state index in [1.54, 1.807) is 12.1 Å². The fourth-order valence-electron chi connectivity index (χ4n) is 1.16. The van der Waals surface area contributed by atoms with Crippen molar-refractivity contribution < 1.29 is 9.53 Å². The van der Waals surface area contributed by atoms with E-state index in [0.717, 1.165) is 10.8 Å². The first-order valence-corrected chi connectivity index (χ1v) is 5.42. The first-order valence-electron chi connectivity index (χ1n) is 4.63. The van der Waals surface area contributed by atoms with E-state index in [4.69, 9.17) is 4.74 Å². The summed E-state index contributed by atoms with van der Waals surface area (Å²) >= 11 is 3.37. The lowest BCUT2D eigenvalue weighted by atomic mass is 10.3. The quantitative estimate of drug-likeness (QED) is 0.807. The summed E-state index contributed by atoms with van der Waals surface area (Å²) in [5.41, 5.74) is 0.527. The molecule has 2 aromatic rings. The summed E-state index contributed by atoms with van der Waals surface area (Å²) in [7, 11) is 0. The zero-order valence-corrected chi connectivity index (χ0v) is 9.85. The van der Waals surface area contributed by atoms with Crippen LogP contribution in [-0.2, 0) is 0 Å². The Morgan fingerprint density at radius 2 is 2.00 bits per heavy atom. The number of pyridine rings is 1. The average Bonchev–Trinajstić information content (AvgIpc) is 2.33. The number of carbonyl (C=O) groups excluding carboxylic acids is 1. The minimum atomic E-state index is 0.456. The SMILES string of the molecule is O=Cc1ccc(Oc2ccccc2Br)nc1. The van der Waals surface area contributed by atoms with Gasteiger partial charge in [0.15, 0.2) is 6.29 Å². The number of aromatic nitrogens is 1. The van der Waals surface area contributed by atoms with E-state index < -0.39 is 0 Å². The van der Waals surface area contributed by atoms with Crippen molar-refractivity contribution in [3.63, 3.8) is 0 Å². The summed E-state index contributed by atoms with van der Waals surface area (Å²) in [5, 5.41) is 0. The predicted molar refractivity (Wildman–Crippen MR) is 63.8 cm³/mol. The molecular weight excluding hydrogens is 270 g/mol. The maximum atomic E-state index is 10.4. The Labute approximate surface area is 101 Å². The summed E-state index contributed by atoms with van der Waals surface area (Å²) in [6.45, 7) is 0. The summed E-state index contributed by atoms with van der Waals surface area (Å²) in [5.74, 6) is 1.14. The van der Waals surface area contributed by atoms with Gasteiger partial charge in [0.1, 0.15) is 5.75 Å². The number of carbonyl (C=O) groups is 1. The van der Waals surface area contributed by atoms with Gasteiger partial charge in [-0.1, -0.05) is 12.1 Å². The Morgan fingerprint density at radius 1 is 1.19 bits per heavy atom. The van der Waals surface area contributed by atoms with Gasteiger partial charge in [0.25, 0.3) is 0 Å². The van der Waals surface area contributed by atoms with Crippen LogP contribution in [0.15, 0.2) is 47.1 Å². The molecule has 80 valence electrons. The van der Waals surface area contributed by atoms with Gasteiger partial charge in [-0.3, -0.25) is 4.79 Å². The van der Waals surface area contributed by atoms with Gasteiger partial charge in [-0.15, -0.1) is 0 Å². The summed E-state index contributed by atoms with van der Waals surface area (Å²) in [6, 6.07) is 10.8. The summed E-state index contributed by atoms with van der Waals surface area (Å²) in [6.07, 6.45) is 2.22. The van der Waals surface area contributed by atoms with Gasteiger partial charge in [-0.05, 0) is 34.1 Å². The van der Waals surface area contributed by atoms with Gasteiger partial charge < -0.3 is 4.74 Å². The normalized spacial score (nSPS) is 9.81. The fraction of sp³-hybridized carbons (Fsp3) is 0. The van der Waals surface area contributed by atoms with Crippen molar-refractivity contribution in [2.75, 3.05) is 0 Å². The van der Waals surface area contributed by atoms with Gasteiger partial charge in [0.05, 0.1) is 4.47 Å². The van der Waals surface area contributed by atoms with Gasteiger partial charge in [-0.2, -0.15) is 0 Å². The number of rotatable bonds is 3. The second kappa shape index (κ2) is 4.90. The van der Waals surface area contributed by atoms with Crippen LogP contribution in [0.4, 0.5) is 0 Å². The number of benzene rings is 1. The molecule has 3 nitrogen and oxygen atoms in total. The molecule has 0 aliphatic carbocycles. The predicted octanol–water partition coefficient (Wildman–Crippen LogP) is 3.45. The molecular formula is C12H8BrNO2. The summed E-state index contributed by atoms with van der Waals surface area (Å²) < 4.78 is 6.39. The Hall–Kier alpha value is -1.68. The molecule has 2 rings (SSSR count). The maximum absolute atomic E-state index is 10.4. The molecule has 0 aliphatic heterocycles. The van der Waals surface area contributed by atoms with E-state index in [2.05, 4.69) is 20.9 Å². The highest BCUT2D eigenvalue weighted by molar-refractivity contribution is 9.10. The van der Waals surface area contributed by atoms with Gasteiger partial charge >= 0.3 is 0 Å². The molecule has 0 atom stereocenters. The maximum Gasteiger partial charge on any atom is 0.219 e. The molecule has 0 bridgehead atoms. The van der Waals surface area contributed by atoms with E-state index in [1.165, 1.54) is 6.20 Å². The van der Waals surface area contributed by atoms with E-state index in [1.807, 2.05) is 24.3 Å². The highest BCUT2D eigenvalue weighted by atomic mass is 79.9. The van der Waals surface area contributed by atoms with Crippen molar-refractivity contribution in [3.8, 4) is 11.6 Å². The van der Waals surface area contributed by atoms with Gasteiger partial charge in [0.2, 0.25) is 5.88 Å². The van der Waals surface area contributed by atoms with Crippen molar-refractivity contribution in [3.05, 3.63) is 52.6 Å². The second-order valence-corrected chi connectivity index (χ2v) is 3.93. The molecule has 1 aromatic heterocycles. The third-order valence-electron chi connectivity index (χ3n) is 1.95. The van der Waals surface area contributed by atoms with Crippen molar-refractivity contribution in [2.24, 2.45) is 0 Å². The van der Waals surface area contributed by atoms with E-state index in [9.17, 15) is 4.79 Å². The van der Waals surface area contributed by atoms with Crippen LogP contribution in [0.25, 0.3) is 0 Å². The highest BCUT2D eigenvalue weighted by Gasteiger charge is 2.02. The minimum Gasteiger partial charge on any atom is -0.438 e. The number of aldehydes is 1. The number of halogens is 1. The Kier molecular flexibility index (Phi) is 3.31. The molecule has 1 heterocycles. The van der Waals surface area contributed by atoms with E-state index in [-0.39, 0.29) is 0 Å². The minimum absolute atomic E-state index is 0.456.